The number of H-pyrrole nitrogens is 1. The fraction of sp³-hybridized carbons (Fsp3) is 0.222. The van der Waals surface area contributed by atoms with Crippen LogP contribution >= 0.6 is 11.6 Å². The number of fused-ring (bicyclic) bond motifs is 1. The molecule has 3 aromatic rings. The Kier molecular flexibility index (Phi) is 4.20. The molecule has 0 aliphatic rings. The third-order valence-electron chi connectivity index (χ3n) is 4.09. The number of carbonyl (C=O) groups is 1. The summed E-state index contributed by atoms with van der Waals surface area (Å²) in [5.41, 5.74) is 1.55. The lowest BCUT2D eigenvalue weighted by molar-refractivity contribution is 0.0750. The maximum atomic E-state index is 12.5. The van der Waals surface area contributed by atoms with Crippen molar-refractivity contribution in [2.75, 3.05) is 7.05 Å². The van der Waals surface area contributed by atoms with E-state index in [0.29, 0.717) is 22.1 Å². The molecule has 0 radical (unpaired) electrons. The zero-order valence-electron chi connectivity index (χ0n) is 13.7. The Labute approximate surface area is 144 Å². The molecule has 0 spiro atoms. The van der Waals surface area contributed by atoms with Gasteiger partial charge in [0.2, 0.25) is 0 Å². The average Bonchev–Trinajstić information content (AvgIpc) is 2.98. The SMILES string of the molecule is CC(C)N(C)C(=O)c1cc2ccc(=O)n(-c3ccc(Cl)cc3)c2[nH]1. The Bertz CT molecular complexity index is 955. The maximum Gasteiger partial charge on any atom is 0.270 e. The normalized spacial score (nSPS) is 11.2. The molecule has 124 valence electrons. The van der Waals surface area contributed by atoms with Crippen molar-refractivity contribution >= 4 is 28.5 Å². The second-order valence-corrected chi connectivity index (χ2v) is 6.42. The number of hydrogen-bond donors (Lipinski definition) is 1. The molecule has 2 heterocycles. The molecule has 1 aromatic carbocycles. The minimum Gasteiger partial charge on any atom is -0.338 e. The van der Waals surface area contributed by atoms with E-state index in [1.54, 1.807) is 48.3 Å². The van der Waals surface area contributed by atoms with Gasteiger partial charge in [0.05, 0.1) is 5.69 Å². The van der Waals surface area contributed by atoms with Gasteiger partial charge in [0.25, 0.3) is 11.5 Å². The molecule has 1 amide bonds. The fourth-order valence-corrected chi connectivity index (χ4v) is 2.63. The number of rotatable bonds is 3. The Balaban J connectivity index is 2.17. The molecule has 1 N–H and O–H groups in total. The summed E-state index contributed by atoms with van der Waals surface area (Å²) in [5, 5.41) is 1.39. The monoisotopic (exact) mass is 343 g/mol. The van der Waals surface area contributed by atoms with Gasteiger partial charge in [-0.1, -0.05) is 11.6 Å². The van der Waals surface area contributed by atoms with Crippen molar-refractivity contribution in [3.05, 3.63) is 63.5 Å². The first-order valence-electron chi connectivity index (χ1n) is 7.66. The van der Waals surface area contributed by atoms with E-state index >= 15 is 0 Å². The van der Waals surface area contributed by atoms with E-state index in [1.807, 2.05) is 13.8 Å². The smallest absolute Gasteiger partial charge is 0.270 e. The van der Waals surface area contributed by atoms with Gasteiger partial charge in [0.15, 0.2) is 0 Å². The number of pyridine rings is 1. The first-order chi connectivity index (χ1) is 11.4. The van der Waals surface area contributed by atoms with Gasteiger partial charge in [-0.3, -0.25) is 14.2 Å². The quantitative estimate of drug-likeness (QED) is 0.791. The topological polar surface area (TPSA) is 58.1 Å². The Morgan fingerprint density at radius 3 is 2.46 bits per heavy atom. The molecule has 5 nitrogen and oxygen atoms in total. The van der Waals surface area contributed by atoms with Crippen molar-refractivity contribution in [2.45, 2.75) is 19.9 Å². The summed E-state index contributed by atoms with van der Waals surface area (Å²) in [7, 11) is 1.75. The van der Waals surface area contributed by atoms with E-state index in [2.05, 4.69) is 4.98 Å². The number of amides is 1. The minimum atomic E-state index is -0.178. The zero-order chi connectivity index (χ0) is 17.4. The average molecular weight is 344 g/mol. The highest BCUT2D eigenvalue weighted by atomic mass is 35.5. The summed E-state index contributed by atoms with van der Waals surface area (Å²) in [4.78, 5) is 29.6. The highest BCUT2D eigenvalue weighted by Gasteiger charge is 2.18. The molecule has 0 fully saturated rings. The summed E-state index contributed by atoms with van der Waals surface area (Å²) in [5.74, 6) is -0.115. The molecule has 24 heavy (non-hydrogen) atoms. The molecule has 0 saturated heterocycles. The minimum absolute atomic E-state index is 0.0855. The molecule has 2 aromatic heterocycles. The molecule has 6 heteroatoms. The lowest BCUT2D eigenvalue weighted by atomic mass is 10.2. The van der Waals surface area contributed by atoms with Crippen molar-refractivity contribution in [3.8, 4) is 5.69 Å². The van der Waals surface area contributed by atoms with Gasteiger partial charge in [-0.05, 0) is 50.2 Å². The molecule has 0 saturated carbocycles. The first kappa shape index (κ1) is 16.3. The second kappa shape index (κ2) is 6.17. The third-order valence-corrected chi connectivity index (χ3v) is 4.34. The van der Waals surface area contributed by atoms with Crippen LogP contribution in [0, 0.1) is 0 Å². The van der Waals surface area contributed by atoms with Crippen LogP contribution < -0.4 is 5.56 Å². The standard InChI is InChI=1S/C18H18ClN3O2/c1-11(2)21(3)18(24)15-10-12-4-9-16(23)22(17(12)20-15)14-7-5-13(19)6-8-14/h4-11,20H,1-3H3. The highest BCUT2D eigenvalue weighted by Crippen LogP contribution is 2.20. The van der Waals surface area contributed by atoms with Gasteiger partial charge in [-0.2, -0.15) is 0 Å². The summed E-state index contributed by atoms with van der Waals surface area (Å²) in [6.45, 7) is 3.90. The maximum absolute atomic E-state index is 12.5. The van der Waals surface area contributed by atoms with Crippen LogP contribution in [0.4, 0.5) is 0 Å². The predicted octanol–water partition coefficient (Wildman–Crippen LogP) is 3.45. The van der Waals surface area contributed by atoms with Crippen LogP contribution in [0.2, 0.25) is 5.02 Å². The number of benzene rings is 1. The summed E-state index contributed by atoms with van der Waals surface area (Å²) in [6, 6.07) is 12.0. The number of nitrogens with zero attached hydrogens (tertiary/aromatic N) is 2. The Morgan fingerprint density at radius 2 is 1.83 bits per heavy atom. The molecule has 0 unspecified atom stereocenters. The summed E-state index contributed by atoms with van der Waals surface area (Å²) in [6.07, 6.45) is 0. The van der Waals surface area contributed by atoms with Gasteiger partial charge in [-0.15, -0.1) is 0 Å². The van der Waals surface area contributed by atoms with Crippen LogP contribution in [0.5, 0.6) is 0 Å². The largest absolute Gasteiger partial charge is 0.338 e. The van der Waals surface area contributed by atoms with E-state index in [1.165, 1.54) is 10.6 Å². The van der Waals surface area contributed by atoms with E-state index in [4.69, 9.17) is 11.6 Å². The molecule has 0 aliphatic heterocycles. The third kappa shape index (κ3) is 2.83. The lowest BCUT2D eigenvalue weighted by Crippen LogP contribution is -2.33. The number of hydrogen-bond acceptors (Lipinski definition) is 2. The summed E-state index contributed by atoms with van der Waals surface area (Å²) >= 11 is 5.92. The highest BCUT2D eigenvalue weighted by molar-refractivity contribution is 6.30. The zero-order valence-corrected chi connectivity index (χ0v) is 14.5. The van der Waals surface area contributed by atoms with Crippen molar-refractivity contribution < 1.29 is 4.79 Å². The Hall–Kier alpha value is -2.53. The Morgan fingerprint density at radius 1 is 1.17 bits per heavy atom. The lowest BCUT2D eigenvalue weighted by Gasteiger charge is -2.20. The van der Waals surface area contributed by atoms with Gasteiger partial charge < -0.3 is 9.88 Å². The molecule has 3 rings (SSSR count). The fourth-order valence-electron chi connectivity index (χ4n) is 2.50. The summed E-state index contributed by atoms with van der Waals surface area (Å²) < 4.78 is 1.54. The second-order valence-electron chi connectivity index (χ2n) is 5.98. The van der Waals surface area contributed by atoms with Crippen LogP contribution in [0.15, 0.2) is 47.3 Å². The van der Waals surface area contributed by atoms with E-state index < -0.39 is 0 Å². The van der Waals surface area contributed by atoms with E-state index in [-0.39, 0.29) is 17.5 Å². The number of halogens is 1. The van der Waals surface area contributed by atoms with Crippen LogP contribution in [0.1, 0.15) is 24.3 Å². The van der Waals surface area contributed by atoms with Crippen molar-refractivity contribution in [2.24, 2.45) is 0 Å². The number of nitrogens with one attached hydrogen (secondary N) is 1. The predicted molar refractivity (Wildman–Crippen MR) is 96.1 cm³/mol. The molecular weight excluding hydrogens is 326 g/mol. The van der Waals surface area contributed by atoms with Crippen molar-refractivity contribution in [3.63, 3.8) is 0 Å². The molecule has 0 bridgehead atoms. The van der Waals surface area contributed by atoms with Crippen molar-refractivity contribution in [1.29, 1.82) is 0 Å². The first-order valence-corrected chi connectivity index (χ1v) is 8.04. The van der Waals surface area contributed by atoms with Crippen molar-refractivity contribution in [1.82, 2.24) is 14.5 Å². The van der Waals surface area contributed by atoms with Crippen LogP contribution in [0.3, 0.4) is 0 Å². The number of aromatic nitrogens is 2. The van der Waals surface area contributed by atoms with Crippen LogP contribution in [-0.4, -0.2) is 33.4 Å². The van der Waals surface area contributed by atoms with E-state index in [9.17, 15) is 9.59 Å². The number of carbonyl (C=O) groups excluding carboxylic acids is 1. The van der Waals surface area contributed by atoms with E-state index in [0.717, 1.165) is 5.39 Å². The van der Waals surface area contributed by atoms with Crippen LogP contribution in [-0.2, 0) is 0 Å². The molecular formula is C18H18ClN3O2. The van der Waals surface area contributed by atoms with Gasteiger partial charge >= 0.3 is 0 Å². The van der Waals surface area contributed by atoms with Crippen LogP contribution in [0.25, 0.3) is 16.7 Å². The molecule has 0 atom stereocenters. The van der Waals surface area contributed by atoms with Gasteiger partial charge in [0, 0.05) is 29.6 Å². The van der Waals surface area contributed by atoms with Gasteiger partial charge in [0.1, 0.15) is 11.3 Å². The van der Waals surface area contributed by atoms with Gasteiger partial charge in [-0.25, -0.2) is 0 Å². The number of aromatic amines is 1. The molecule has 0 aliphatic carbocycles.